The van der Waals surface area contributed by atoms with Crippen molar-refractivity contribution in [2.75, 3.05) is 7.05 Å². The minimum Gasteiger partial charge on any atom is -0.414 e. The van der Waals surface area contributed by atoms with Gasteiger partial charge in [0.1, 0.15) is 0 Å². The zero-order valence-corrected chi connectivity index (χ0v) is 17.8. The van der Waals surface area contributed by atoms with Crippen LogP contribution in [0.2, 0.25) is 18.1 Å². The number of nitrogens with zero attached hydrogens (tertiary/aromatic N) is 2. The van der Waals surface area contributed by atoms with Gasteiger partial charge in [0.2, 0.25) is 0 Å². The van der Waals surface area contributed by atoms with Crippen LogP contribution in [0, 0.1) is 11.5 Å². The van der Waals surface area contributed by atoms with Crippen molar-refractivity contribution in [3.63, 3.8) is 0 Å². The fraction of sp³-hybridized carbons (Fsp3) is 0.650. The minimum atomic E-state index is -1.96. The smallest absolute Gasteiger partial charge is 0.192 e. The number of nitriles is 1. The molecule has 25 heavy (non-hydrogen) atoms. The number of rotatable bonds is 8. The molecule has 0 fully saturated rings. The fourth-order valence-corrected chi connectivity index (χ4v) is 3.86. The van der Waals surface area contributed by atoms with Gasteiger partial charge in [-0.2, -0.15) is 5.26 Å². The number of benzene rings is 1. The molecule has 0 saturated carbocycles. The summed E-state index contributed by atoms with van der Waals surface area (Å²) < 4.78 is 6.60. The van der Waals surface area contributed by atoms with E-state index in [0.717, 1.165) is 12.0 Å². The Kier molecular flexibility index (Phi) is 7.67. The molecular weight excluding hydrogens is 328 g/mol. The summed E-state index contributed by atoms with van der Waals surface area (Å²) in [4.78, 5) is 1.65. The molecule has 0 aliphatic heterocycles. The Morgan fingerprint density at radius 3 is 2.24 bits per heavy atom. The van der Waals surface area contributed by atoms with Crippen LogP contribution in [0.5, 0.6) is 0 Å². The molecule has 3 atom stereocenters. The second kappa shape index (κ2) is 8.84. The molecule has 0 bridgehead atoms. The van der Waals surface area contributed by atoms with E-state index < -0.39 is 14.4 Å². The van der Waals surface area contributed by atoms with Gasteiger partial charge >= 0.3 is 0 Å². The van der Waals surface area contributed by atoms with Crippen LogP contribution in [-0.4, -0.2) is 37.5 Å². The summed E-state index contributed by atoms with van der Waals surface area (Å²) in [5.74, 6) is 0. The fourth-order valence-electron chi connectivity index (χ4n) is 2.48. The molecule has 0 heterocycles. The van der Waals surface area contributed by atoms with E-state index in [2.05, 4.69) is 40.1 Å². The number of hydrogen-bond donors (Lipinski definition) is 1. The van der Waals surface area contributed by atoms with Gasteiger partial charge in [0, 0.05) is 25.6 Å². The van der Waals surface area contributed by atoms with Crippen molar-refractivity contribution in [2.24, 2.45) is 0 Å². The Morgan fingerprint density at radius 1 is 1.20 bits per heavy atom. The third kappa shape index (κ3) is 6.46. The first-order valence-electron chi connectivity index (χ1n) is 9.01. The van der Waals surface area contributed by atoms with E-state index in [9.17, 15) is 5.11 Å². The van der Waals surface area contributed by atoms with Gasteiger partial charge < -0.3 is 14.4 Å². The topological polar surface area (TPSA) is 56.5 Å². The number of hydrogen-bond acceptors (Lipinski definition) is 4. The summed E-state index contributed by atoms with van der Waals surface area (Å²) in [6, 6.07) is 9.78. The summed E-state index contributed by atoms with van der Waals surface area (Å²) in [5.41, 5.74) is 0.910. The molecule has 140 valence electrons. The van der Waals surface area contributed by atoms with Crippen molar-refractivity contribution in [1.29, 1.82) is 5.26 Å². The average Bonchev–Trinajstić information content (AvgIpc) is 2.53. The lowest BCUT2D eigenvalue weighted by molar-refractivity contribution is 0.0700. The summed E-state index contributed by atoms with van der Waals surface area (Å²) in [5, 5.41) is 19.9. The second-order valence-electron chi connectivity index (χ2n) is 8.46. The maximum atomic E-state index is 10.7. The third-order valence-electron chi connectivity index (χ3n) is 5.36. The lowest BCUT2D eigenvalue weighted by atomic mass is 9.99. The highest BCUT2D eigenvalue weighted by molar-refractivity contribution is 6.74. The predicted octanol–water partition coefficient (Wildman–Crippen LogP) is 4.69. The quantitative estimate of drug-likeness (QED) is 0.414. The van der Waals surface area contributed by atoms with Gasteiger partial charge in [-0.25, -0.2) is 0 Å². The Hall–Kier alpha value is -1.35. The normalized spacial score (nSPS) is 16.0. The molecule has 1 N–H and O–H groups in total. The predicted molar refractivity (Wildman–Crippen MR) is 106 cm³/mol. The van der Waals surface area contributed by atoms with Gasteiger partial charge in [-0.15, -0.1) is 0 Å². The monoisotopic (exact) mass is 362 g/mol. The summed E-state index contributed by atoms with van der Waals surface area (Å²) in [7, 11) is -0.167. The molecule has 1 aromatic carbocycles. The lowest BCUT2D eigenvalue weighted by Crippen LogP contribution is -2.45. The van der Waals surface area contributed by atoms with Crippen molar-refractivity contribution >= 4 is 8.32 Å². The summed E-state index contributed by atoms with van der Waals surface area (Å²) in [6.45, 7) is 13.1. The van der Waals surface area contributed by atoms with Crippen LogP contribution in [0.4, 0.5) is 0 Å². The highest BCUT2D eigenvalue weighted by atomic mass is 28.4. The van der Waals surface area contributed by atoms with Crippen LogP contribution >= 0.6 is 0 Å². The maximum Gasteiger partial charge on any atom is 0.192 e. The van der Waals surface area contributed by atoms with Crippen LogP contribution in [0.25, 0.3) is 0 Å². The Morgan fingerprint density at radius 2 is 1.76 bits per heavy atom. The lowest BCUT2D eigenvalue weighted by Gasteiger charge is -2.40. The van der Waals surface area contributed by atoms with Crippen molar-refractivity contribution in [2.45, 2.75) is 76.9 Å². The standard InChI is InChI=1S/C20H34N2O2Si/c1-16(22(5)15-21)13-18(24-25(6,7)20(2,3)4)14-19(23)17-11-9-8-10-12-17/h8-12,16,18-19,23H,13-14H2,1-7H3/t16-,18+,19-/m0/s1. The molecule has 0 aliphatic carbocycles. The molecule has 0 aliphatic rings. The first kappa shape index (κ1) is 21.7. The molecule has 1 rings (SSSR count). The van der Waals surface area contributed by atoms with Crippen LogP contribution in [0.15, 0.2) is 30.3 Å². The van der Waals surface area contributed by atoms with E-state index in [1.54, 1.807) is 11.9 Å². The number of aliphatic hydroxyl groups excluding tert-OH is 1. The molecule has 0 saturated heterocycles. The molecule has 0 radical (unpaired) electrons. The van der Waals surface area contributed by atoms with Gasteiger partial charge in [0.05, 0.1) is 6.10 Å². The average molecular weight is 363 g/mol. The van der Waals surface area contributed by atoms with Crippen molar-refractivity contribution in [3.8, 4) is 6.19 Å². The van der Waals surface area contributed by atoms with Crippen LogP contribution in [0.3, 0.4) is 0 Å². The van der Waals surface area contributed by atoms with Crippen molar-refractivity contribution < 1.29 is 9.53 Å². The van der Waals surface area contributed by atoms with Gasteiger partial charge in [0.15, 0.2) is 14.5 Å². The van der Waals surface area contributed by atoms with E-state index in [1.807, 2.05) is 37.3 Å². The number of aliphatic hydroxyl groups is 1. The summed E-state index contributed by atoms with van der Waals surface area (Å²) in [6.07, 6.45) is 2.80. The molecule has 0 unspecified atom stereocenters. The largest absolute Gasteiger partial charge is 0.414 e. The van der Waals surface area contributed by atoms with E-state index in [1.165, 1.54) is 0 Å². The first-order valence-corrected chi connectivity index (χ1v) is 11.9. The first-order chi connectivity index (χ1) is 11.5. The molecule has 0 amide bonds. The minimum absolute atomic E-state index is 0.0720. The van der Waals surface area contributed by atoms with Crippen LogP contribution in [0.1, 0.15) is 52.2 Å². The summed E-state index contributed by atoms with van der Waals surface area (Å²) >= 11 is 0. The Balaban J connectivity index is 2.93. The zero-order valence-electron chi connectivity index (χ0n) is 16.8. The van der Waals surface area contributed by atoms with Gasteiger partial charge in [0.25, 0.3) is 0 Å². The van der Waals surface area contributed by atoms with Crippen molar-refractivity contribution in [3.05, 3.63) is 35.9 Å². The maximum absolute atomic E-state index is 10.7. The van der Waals surface area contributed by atoms with Crippen LogP contribution < -0.4 is 0 Å². The van der Waals surface area contributed by atoms with E-state index in [-0.39, 0.29) is 17.2 Å². The third-order valence-corrected chi connectivity index (χ3v) is 9.90. The van der Waals surface area contributed by atoms with Crippen molar-refractivity contribution in [1.82, 2.24) is 4.90 Å². The highest BCUT2D eigenvalue weighted by Crippen LogP contribution is 2.39. The highest BCUT2D eigenvalue weighted by Gasteiger charge is 2.39. The molecule has 1 aromatic rings. The van der Waals surface area contributed by atoms with Gasteiger partial charge in [-0.05, 0) is 37.0 Å². The molecule has 4 nitrogen and oxygen atoms in total. The van der Waals surface area contributed by atoms with Gasteiger partial charge in [-0.1, -0.05) is 51.1 Å². The Labute approximate surface area is 154 Å². The Bertz CT molecular complexity index is 563. The van der Waals surface area contributed by atoms with E-state index in [4.69, 9.17) is 9.69 Å². The van der Waals surface area contributed by atoms with Crippen LogP contribution in [-0.2, 0) is 4.43 Å². The molecular formula is C20H34N2O2Si. The second-order valence-corrected chi connectivity index (χ2v) is 13.2. The van der Waals surface area contributed by atoms with E-state index >= 15 is 0 Å². The van der Waals surface area contributed by atoms with E-state index in [0.29, 0.717) is 6.42 Å². The zero-order chi connectivity index (χ0) is 19.3. The van der Waals surface area contributed by atoms with Gasteiger partial charge in [-0.3, -0.25) is 0 Å². The SMILES string of the molecule is C[C@@H](C[C@H](C[C@H](O)c1ccccc1)O[Si](C)(C)C(C)(C)C)N(C)C#N. The molecule has 5 heteroatoms. The molecule has 0 aromatic heterocycles. The molecule has 0 spiro atoms.